The summed E-state index contributed by atoms with van der Waals surface area (Å²) in [5, 5.41) is 0. The highest BCUT2D eigenvalue weighted by atomic mass is 16.5. The van der Waals surface area contributed by atoms with E-state index >= 15 is 0 Å². The molecule has 2 amide bonds. The quantitative estimate of drug-likeness (QED) is 0.631. The number of methoxy groups -OCH3 is 1. The first kappa shape index (κ1) is 16.7. The van der Waals surface area contributed by atoms with Crippen LogP contribution in [0.15, 0.2) is 48.5 Å². The number of Topliss-reactive ketones (excluding diaryl/α,β-unsaturated/α-hetero) is 1. The molecule has 0 aromatic heterocycles. The molecule has 0 unspecified atom stereocenters. The van der Waals surface area contributed by atoms with E-state index in [-0.39, 0.29) is 17.9 Å². The normalized spacial score (nSPS) is 16.7. The van der Waals surface area contributed by atoms with E-state index in [1.165, 1.54) is 7.11 Å². The molecule has 2 aromatic carbocycles. The summed E-state index contributed by atoms with van der Waals surface area (Å²) in [5.41, 5.74) is 0.574. The van der Waals surface area contributed by atoms with Gasteiger partial charge in [0.15, 0.2) is 11.9 Å². The number of para-hydroxylation sites is 2. The molecule has 1 aliphatic heterocycles. The highest BCUT2D eigenvalue weighted by molar-refractivity contribution is 6.12. The lowest BCUT2D eigenvalue weighted by Gasteiger charge is -2.20. The molecule has 128 valence electrons. The molecule has 0 saturated heterocycles. The van der Waals surface area contributed by atoms with Crippen LogP contribution in [0.3, 0.4) is 0 Å². The summed E-state index contributed by atoms with van der Waals surface area (Å²) in [7, 11) is 1.46. The Kier molecular flexibility index (Phi) is 4.52. The first-order valence-electron chi connectivity index (χ1n) is 7.80. The van der Waals surface area contributed by atoms with Crippen molar-refractivity contribution in [1.29, 1.82) is 0 Å². The fourth-order valence-corrected chi connectivity index (χ4v) is 2.71. The van der Waals surface area contributed by atoms with E-state index in [0.29, 0.717) is 17.1 Å². The van der Waals surface area contributed by atoms with Gasteiger partial charge in [0, 0.05) is 0 Å². The maximum Gasteiger partial charge on any atom is 0.270 e. The van der Waals surface area contributed by atoms with Gasteiger partial charge in [-0.3, -0.25) is 19.3 Å². The number of amides is 2. The smallest absolute Gasteiger partial charge is 0.270 e. The Morgan fingerprint density at radius 2 is 1.80 bits per heavy atom. The number of ether oxygens (including phenoxy) is 2. The number of nitrogens with zero attached hydrogens (tertiary/aromatic N) is 1. The van der Waals surface area contributed by atoms with E-state index in [1.54, 1.807) is 55.5 Å². The van der Waals surface area contributed by atoms with Gasteiger partial charge < -0.3 is 9.47 Å². The number of benzene rings is 2. The van der Waals surface area contributed by atoms with Crippen LogP contribution in [0.1, 0.15) is 27.6 Å². The molecule has 1 aliphatic rings. The molecule has 0 bridgehead atoms. The van der Waals surface area contributed by atoms with Crippen molar-refractivity contribution in [2.75, 3.05) is 13.7 Å². The van der Waals surface area contributed by atoms with Crippen LogP contribution in [-0.4, -0.2) is 42.3 Å². The lowest BCUT2D eigenvalue weighted by molar-refractivity contribution is -0.134. The number of hydrogen-bond acceptors (Lipinski definition) is 5. The largest absolute Gasteiger partial charge is 0.496 e. The monoisotopic (exact) mass is 339 g/mol. The summed E-state index contributed by atoms with van der Waals surface area (Å²) in [6.45, 7) is 1.18. The number of ketones is 1. The second-order valence-corrected chi connectivity index (χ2v) is 5.61. The molecule has 1 heterocycles. The Balaban J connectivity index is 1.94. The summed E-state index contributed by atoms with van der Waals surface area (Å²) in [5.74, 6) is -0.754. The van der Waals surface area contributed by atoms with E-state index in [2.05, 4.69) is 0 Å². The molecular weight excluding hydrogens is 322 g/mol. The molecule has 0 saturated carbocycles. The molecule has 6 nitrogen and oxygen atoms in total. The van der Waals surface area contributed by atoms with E-state index in [1.807, 2.05) is 0 Å². The summed E-state index contributed by atoms with van der Waals surface area (Å²) in [6.07, 6.45) is -0.863. The van der Waals surface area contributed by atoms with Crippen LogP contribution in [0, 0.1) is 0 Å². The number of carbonyl (C=O) groups is 3. The van der Waals surface area contributed by atoms with Crippen LogP contribution in [0.5, 0.6) is 11.5 Å². The summed E-state index contributed by atoms with van der Waals surface area (Å²) < 4.78 is 10.7. The van der Waals surface area contributed by atoms with Crippen molar-refractivity contribution in [2.45, 2.75) is 13.0 Å². The van der Waals surface area contributed by atoms with Gasteiger partial charge in [-0.2, -0.15) is 0 Å². The molecule has 3 rings (SSSR count). The molecule has 0 spiro atoms. The fourth-order valence-electron chi connectivity index (χ4n) is 2.71. The number of rotatable bonds is 4. The summed E-state index contributed by atoms with van der Waals surface area (Å²) in [6, 6.07) is 13.3. The Labute approximate surface area is 145 Å². The van der Waals surface area contributed by atoms with Crippen LogP contribution < -0.4 is 9.47 Å². The van der Waals surface area contributed by atoms with Gasteiger partial charge in [-0.25, -0.2) is 0 Å². The number of imide groups is 1. The van der Waals surface area contributed by atoms with Gasteiger partial charge in [-0.1, -0.05) is 24.3 Å². The van der Waals surface area contributed by atoms with Crippen molar-refractivity contribution in [1.82, 2.24) is 4.90 Å². The van der Waals surface area contributed by atoms with Crippen molar-refractivity contribution in [2.24, 2.45) is 0 Å². The topological polar surface area (TPSA) is 72.9 Å². The van der Waals surface area contributed by atoms with Gasteiger partial charge in [0.1, 0.15) is 11.5 Å². The van der Waals surface area contributed by atoms with E-state index < -0.39 is 17.9 Å². The minimum absolute atomic E-state index is 0.257. The zero-order valence-electron chi connectivity index (χ0n) is 13.9. The van der Waals surface area contributed by atoms with Gasteiger partial charge in [-0.15, -0.1) is 0 Å². The SMILES string of the molecule is COc1ccccc1C(=O)CN1C(=O)c2ccccc2O[C@H](C)C1=O. The van der Waals surface area contributed by atoms with Crippen LogP contribution in [0.25, 0.3) is 0 Å². The van der Waals surface area contributed by atoms with Crippen LogP contribution in [0.2, 0.25) is 0 Å². The van der Waals surface area contributed by atoms with Gasteiger partial charge in [0.05, 0.1) is 24.8 Å². The van der Waals surface area contributed by atoms with Crippen molar-refractivity contribution < 1.29 is 23.9 Å². The van der Waals surface area contributed by atoms with Gasteiger partial charge in [-0.05, 0) is 31.2 Å². The maximum atomic E-state index is 12.8. The molecule has 1 atom stereocenters. The highest BCUT2D eigenvalue weighted by Gasteiger charge is 2.35. The second kappa shape index (κ2) is 6.76. The maximum absolute atomic E-state index is 12.8. The third-order valence-corrected chi connectivity index (χ3v) is 3.99. The fraction of sp³-hybridized carbons (Fsp3) is 0.211. The van der Waals surface area contributed by atoms with Gasteiger partial charge >= 0.3 is 0 Å². The molecule has 2 aromatic rings. The molecule has 0 fully saturated rings. The van der Waals surface area contributed by atoms with Gasteiger partial charge in [0.25, 0.3) is 11.8 Å². The first-order valence-corrected chi connectivity index (χ1v) is 7.80. The Morgan fingerprint density at radius 3 is 2.56 bits per heavy atom. The number of fused-ring (bicyclic) bond motifs is 1. The molecule has 6 heteroatoms. The van der Waals surface area contributed by atoms with Crippen LogP contribution >= 0.6 is 0 Å². The van der Waals surface area contributed by atoms with Crippen LogP contribution in [0.4, 0.5) is 0 Å². The van der Waals surface area contributed by atoms with Crippen molar-refractivity contribution in [3.05, 3.63) is 59.7 Å². The predicted molar refractivity (Wildman–Crippen MR) is 89.9 cm³/mol. The Morgan fingerprint density at radius 1 is 1.12 bits per heavy atom. The molecular formula is C19H17NO5. The first-order chi connectivity index (χ1) is 12.0. The predicted octanol–water partition coefficient (Wildman–Crippen LogP) is 2.33. The second-order valence-electron chi connectivity index (χ2n) is 5.61. The minimum Gasteiger partial charge on any atom is -0.496 e. The minimum atomic E-state index is -0.863. The standard InChI is InChI=1S/C19H17NO5/c1-12-18(22)20(19(23)14-8-4-6-10-17(14)25-12)11-15(21)13-7-3-5-9-16(13)24-2/h3-10,12H,11H2,1-2H3/t12-/m1/s1. The zero-order valence-corrected chi connectivity index (χ0v) is 13.9. The zero-order chi connectivity index (χ0) is 18.0. The van der Waals surface area contributed by atoms with Crippen molar-refractivity contribution >= 4 is 17.6 Å². The third kappa shape index (κ3) is 3.10. The number of hydrogen-bond donors (Lipinski definition) is 0. The highest BCUT2D eigenvalue weighted by Crippen LogP contribution is 2.26. The average Bonchev–Trinajstić information content (AvgIpc) is 2.72. The van der Waals surface area contributed by atoms with E-state index in [0.717, 1.165) is 4.90 Å². The van der Waals surface area contributed by atoms with Crippen LogP contribution in [-0.2, 0) is 4.79 Å². The Bertz CT molecular complexity index is 845. The lowest BCUT2D eigenvalue weighted by atomic mass is 10.1. The summed E-state index contributed by atoms with van der Waals surface area (Å²) in [4.78, 5) is 38.9. The van der Waals surface area contributed by atoms with Crippen molar-refractivity contribution in [3.8, 4) is 11.5 Å². The third-order valence-electron chi connectivity index (χ3n) is 3.99. The van der Waals surface area contributed by atoms with Gasteiger partial charge in [0.2, 0.25) is 0 Å². The molecule has 0 aliphatic carbocycles. The van der Waals surface area contributed by atoms with E-state index in [4.69, 9.17) is 9.47 Å². The summed E-state index contributed by atoms with van der Waals surface area (Å²) >= 11 is 0. The van der Waals surface area contributed by atoms with Crippen molar-refractivity contribution in [3.63, 3.8) is 0 Å². The Hall–Kier alpha value is -3.15. The lowest BCUT2D eigenvalue weighted by Crippen LogP contribution is -2.44. The van der Waals surface area contributed by atoms with E-state index in [9.17, 15) is 14.4 Å². The molecule has 0 radical (unpaired) electrons. The molecule has 25 heavy (non-hydrogen) atoms. The number of carbonyl (C=O) groups excluding carboxylic acids is 3. The average molecular weight is 339 g/mol. The molecule has 0 N–H and O–H groups in total.